The SMILES string of the molecule is CC1C(=O)CNC1C=O. The van der Waals surface area contributed by atoms with E-state index in [0.29, 0.717) is 6.54 Å². The highest BCUT2D eigenvalue weighted by atomic mass is 16.1. The van der Waals surface area contributed by atoms with Crippen LogP contribution in [0.1, 0.15) is 6.92 Å². The molecule has 1 aliphatic rings. The molecule has 9 heavy (non-hydrogen) atoms. The van der Waals surface area contributed by atoms with Gasteiger partial charge in [-0.2, -0.15) is 0 Å². The van der Waals surface area contributed by atoms with Gasteiger partial charge >= 0.3 is 0 Å². The lowest BCUT2D eigenvalue weighted by Crippen LogP contribution is -2.26. The first-order chi connectivity index (χ1) is 4.25. The average Bonchev–Trinajstić information content (AvgIpc) is 2.15. The quantitative estimate of drug-likeness (QED) is 0.477. The minimum atomic E-state index is -0.238. The van der Waals surface area contributed by atoms with Gasteiger partial charge in [0.1, 0.15) is 6.29 Å². The summed E-state index contributed by atoms with van der Waals surface area (Å²) in [6, 6.07) is -0.238. The molecule has 1 heterocycles. The number of carbonyl (C=O) groups excluding carboxylic acids is 2. The molecule has 0 aromatic rings. The third kappa shape index (κ3) is 1.00. The molecule has 3 heteroatoms. The fraction of sp³-hybridized carbons (Fsp3) is 0.667. The van der Waals surface area contributed by atoms with E-state index in [-0.39, 0.29) is 17.7 Å². The monoisotopic (exact) mass is 127 g/mol. The van der Waals surface area contributed by atoms with E-state index in [1.165, 1.54) is 0 Å². The molecule has 1 aliphatic heterocycles. The van der Waals surface area contributed by atoms with Gasteiger partial charge in [-0.15, -0.1) is 0 Å². The summed E-state index contributed by atoms with van der Waals surface area (Å²) in [7, 11) is 0. The molecule has 1 rings (SSSR count). The second-order valence-electron chi connectivity index (χ2n) is 2.30. The van der Waals surface area contributed by atoms with Crippen molar-refractivity contribution in [3.05, 3.63) is 0 Å². The topological polar surface area (TPSA) is 46.2 Å². The molecule has 0 amide bonds. The highest BCUT2D eigenvalue weighted by Gasteiger charge is 2.29. The largest absolute Gasteiger partial charge is 0.302 e. The van der Waals surface area contributed by atoms with Crippen molar-refractivity contribution in [2.24, 2.45) is 5.92 Å². The summed E-state index contributed by atoms with van der Waals surface area (Å²) in [6.07, 6.45) is 0.787. The van der Waals surface area contributed by atoms with Crippen molar-refractivity contribution in [3.8, 4) is 0 Å². The summed E-state index contributed by atoms with van der Waals surface area (Å²) >= 11 is 0. The van der Waals surface area contributed by atoms with Crippen LogP contribution >= 0.6 is 0 Å². The molecule has 50 valence electrons. The van der Waals surface area contributed by atoms with Crippen LogP contribution in [-0.4, -0.2) is 24.7 Å². The first-order valence-corrected chi connectivity index (χ1v) is 2.97. The standard InChI is InChI=1S/C6H9NO2/c1-4-5(3-8)7-2-6(4)9/h3-5,7H,2H2,1H3. The highest BCUT2D eigenvalue weighted by molar-refractivity contribution is 5.89. The Morgan fingerprint density at radius 2 is 2.44 bits per heavy atom. The molecule has 0 saturated carbocycles. The molecular weight excluding hydrogens is 118 g/mol. The normalized spacial score (nSPS) is 35.0. The van der Waals surface area contributed by atoms with Gasteiger partial charge in [-0.05, 0) is 0 Å². The number of Topliss-reactive ketones (excluding diaryl/α,β-unsaturated/α-hetero) is 1. The van der Waals surface area contributed by atoms with Crippen molar-refractivity contribution in [1.29, 1.82) is 0 Å². The third-order valence-corrected chi connectivity index (χ3v) is 1.71. The van der Waals surface area contributed by atoms with Gasteiger partial charge in [0.2, 0.25) is 0 Å². The van der Waals surface area contributed by atoms with Gasteiger partial charge in [-0.1, -0.05) is 6.92 Å². The lowest BCUT2D eigenvalue weighted by Gasteiger charge is -2.02. The molecule has 3 nitrogen and oxygen atoms in total. The summed E-state index contributed by atoms with van der Waals surface area (Å²) in [5, 5.41) is 2.79. The van der Waals surface area contributed by atoms with Gasteiger partial charge in [0.05, 0.1) is 12.6 Å². The fourth-order valence-corrected chi connectivity index (χ4v) is 0.922. The first-order valence-electron chi connectivity index (χ1n) is 2.97. The van der Waals surface area contributed by atoms with Crippen molar-refractivity contribution >= 4 is 12.1 Å². The molecule has 1 N–H and O–H groups in total. The molecule has 2 unspecified atom stereocenters. The molecule has 0 aliphatic carbocycles. The van der Waals surface area contributed by atoms with Crippen LogP contribution in [0.15, 0.2) is 0 Å². The molecule has 1 fully saturated rings. The van der Waals surface area contributed by atoms with Crippen molar-refractivity contribution in [3.63, 3.8) is 0 Å². The van der Waals surface area contributed by atoms with Crippen LogP contribution in [0.4, 0.5) is 0 Å². The van der Waals surface area contributed by atoms with E-state index in [4.69, 9.17) is 0 Å². The Hall–Kier alpha value is -0.700. The van der Waals surface area contributed by atoms with Crippen LogP contribution in [0, 0.1) is 5.92 Å². The number of ketones is 1. The van der Waals surface area contributed by atoms with Crippen molar-refractivity contribution in [2.45, 2.75) is 13.0 Å². The van der Waals surface area contributed by atoms with E-state index in [1.807, 2.05) is 0 Å². The van der Waals surface area contributed by atoms with Crippen LogP contribution in [0.2, 0.25) is 0 Å². The van der Waals surface area contributed by atoms with Gasteiger partial charge in [-0.25, -0.2) is 0 Å². The van der Waals surface area contributed by atoms with Crippen LogP contribution in [0.3, 0.4) is 0 Å². The Kier molecular flexibility index (Phi) is 1.62. The maximum absolute atomic E-state index is 10.7. The van der Waals surface area contributed by atoms with E-state index in [1.54, 1.807) is 6.92 Å². The van der Waals surface area contributed by atoms with Crippen molar-refractivity contribution in [2.75, 3.05) is 6.54 Å². The van der Waals surface area contributed by atoms with E-state index in [2.05, 4.69) is 5.32 Å². The Morgan fingerprint density at radius 3 is 2.67 bits per heavy atom. The lowest BCUT2D eigenvalue weighted by molar-refractivity contribution is -0.120. The summed E-state index contributed by atoms with van der Waals surface area (Å²) < 4.78 is 0. The van der Waals surface area contributed by atoms with Crippen LogP contribution in [-0.2, 0) is 9.59 Å². The van der Waals surface area contributed by atoms with E-state index in [0.717, 1.165) is 6.29 Å². The molecule has 2 atom stereocenters. The zero-order chi connectivity index (χ0) is 6.85. The van der Waals surface area contributed by atoms with Gasteiger partial charge in [0.15, 0.2) is 5.78 Å². The number of carbonyl (C=O) groups is 2. The predicted octanol–water partition coefficient (Wildman–Crippen LogP) is -0.638. The fourth-order valence-electron chi connectivity index (χ4n) is 0.922. The Labute approximate surface area is 53.4 Å². The van der Waals surface area contributed by atoms with Gasteiger partial charge < -0.3 is 10.1 Å². The molecular formula is C6H9NO2. The minimum absolute atomic E-state index is 0.123. The second-order valence-corrected chi connectivity index (χ2v) is 2.30. The molecule has 0 spiro atoms. The number of hydrogen-bond acceptors (Lipinski definition) is 3. The number of aldehydes is 1. The van der Waals surface area contributed by atoms with Gasteiger partial charge in [0.25, 0.3) is 0 Å². The highest BCUT2D eigenvalue weighted by Crippen LogP contribution is 2.07. The third-order valence-electron chi connectivity index (χ3n) is 1.71. The molecule has 0 radical (unpaired) electrons. The van der Waals surface area contributed by atoms with Crippen molar-refractivity contribution in [1.82, 2.24) is 5.32 Å². The smallest absolute Gasteiger partial charge is 0.151 e. The number of nitrogens with one attached hydrogen (secondary N) is 1. The average molecular weight is 127 g/mol. The maximum Gasteiger partial charge on any atom is 0.151 e. The van der Waals surface area contributed by atoms with Crippen molar-refractivity contribution < 1.29 is 9.59 Å². The van der Waals surface area contributed by atoms with Gasteiger partial charge in [-0.3, -0.25) is 4.79 Å². The minimum Gasteiger partial charge on any atom is -0.302 e. The zero-order valence-electron chi connectivity index (χ0n) is 5.26. The molecule has 0 bridgehead atoms. The first kappa shape index (κ1) is 6.42. The zero-order valence-corrected chi connectivity index (χ0v) is 5.26. The number of hydrogen-bond donors (Lipinski definition) is 1. The Morgan fingerprint density at radius 1 is 1.78 bits per heavy atom. The molecule has 0 aromatic heterocycles. The Balaban J connectivity index is 2.61. The van der Waals surface area contributed by atoms with Crippen LogP contribution in [0.5, 0.6) is 0 Å². The summed E-state index contributed by atoms with van der Waals surface area (Å²) in [5.41, 5.74) is 0. The van der Waals surface area contributed by atoms with Crippen LogP contribution in [0.25, 0.3) is 0 Å². The van der Waals surface area contributed by atoms with E-state index < -0.39 is 0 Å². The predicted molar refractivity (Wildman–Crippen MR) is 32.0 cm³/mol. The van der Waals surface area contributed by atoms with E-state index >= 15 is 0 Å². The van der Waals surface area contributed by atoms with Gasteiger partial charge in [0, 0.05) is 5.92 Å². The molecule has 1 saturated heterocycles. The second kappa shape index (κ2) is 2.27. The summed E-state index contributed by atoms with van der Waals surface area (Å²) in [6.45, 7) is 2.12. The Bertz CT molecular complexity index is 144. The number of rotatable bonds is 1. The summed E-state index contributed by atoms with van der Waals surface area (Å²) in [5.74, 6) is 0.00889. The summed E-state index contributed by atoms with van der Waals surface area (Å²) in [4.78, 5) is 20.9. The maximum atomic E-state index is 10.7. The lowest BCUT2D eigenvalue weighted by atomic mass is 10.0. The van der Waals surface area contributed by atoms with E-state index in [9.17, 15) is 9.59 Å². The molecule has 0 aromatic carbocycles. The van der Waals surface area contributed by atoms with Crippen LogP contribution < -0.4 is 5.32 Å².